The highest BCUT2D eigenvalue weighted by Crippen LogP contribution is 2.40. The number of hydrogen-bond acceptors (Lipinski definition) is 7. The standard InChI is InChI=1S/C26H28BrN5O3/c1-31(2)9-3-4-25(33)30-22-13-20-21(14-24(22)35-19-7-11-34-16-19)28-8-5-23(20)32-10-6-17-12-18(27)15-29-26(17)32/h3-5,8,12-15,19H,6-7,9-11,16H2,1-2H3,(H,30,33). The topological polar surface area (TPSA) is 79.8 Å². The van der Waals surface area contributed by atoms with Crippen molar-refractivity contribution in [2.24, 2.45) is 0 Å². The van der Waals surface area contributed by atoms with Gasteiger partial charge < -0.3 is 24.6 Å². The van der Waals surface area contributed by atoms with Crippen LogP contribution in [0, 0.1) is 0 Å². The fourth-order valence-corrected chi connectivity index (χ4v) is 4.77. The predicted octanol–water partition coefficient (Wildman–Crippen LogP) is 4.31. The third-order valence-corrected chi connectivity index (χ3v) is 6.49. The maximum absolute atomic E-state index is 12.7. The van der Waals surface area contributed by atoms with Crippen molar-refractivity contribution in [2.45, 2.75) is 18.9 Å². The molecule has 0 radical (unpaired) electrons. The number of nitrogens with one attached hydrogen (secondary N) is 1. The second-order valence-electron chi connectivity index (χ2n) is 8.99. The molecule has 1 unspecified atom stereocenters. The highest BCUT2D eigenvalue weighted by atomic mass is 79.9. The number of hydrogen-bond donors (Lipinski definition) is 1. The van der Waals surface area contributed by atoms with Gasteiger partial charge in [0.25, 0.3) is 0 Å². The fraction of sp³-hybridized carbons (Fsp3) is 0.346. The zero-order chi connectivity index (χ0) is 24.4. The number of pyridine rings is 2. The van der Waals surface area contributed by atoms with Crippen molar-refractivity contribution in [2.75, 3.05) is 50.6 Å². The highest BCUT2D eigenvalue weighted by Gasteiger charge is 2.25. The Kier molecular flexibility index (Phi) is 6.99. The zero-order valence-electron chi connectivity index (χ0n) is 19.8. The molecule has 0 saturated carbocycles. The number of nitrogens with zero attached hydrogens (tertiary/aromatic N) is 4. The average molecular weight is 538 g/mol. The van der Waals surface area contributed by atoms with E-state index in [0.29, 0.717) is 31.2 Å². The van der Waals surface area contributed by atoms with Crippen LogP contribution >= 0.6 is 15.9 Å². The molecule has 1 atom stereocenters. The van der Waals surface area contributed by atoms with Crippen LogP contribution in [0.5, 0.6) is 5.75 Å². The van der Waals surface area contributed by atoms with Crippen LogP contribution in [0.1, 0.15) is 12.0 Å². The molecule has 2 aromatic heterocycles. The fourth-order valence-electron chi connectivity index (χ4n) is 4.39. The first kappa shape index (κ1) is 23.7. The lowest BCUT2D eigenvalue weighted by molar-refractivity contribution is -0.111. The molecular formula is C26H28BrN5O3. The lowest BCUT2D eigenvalue weighted by Gasteiger charge is -2.22. The van der Waals surface area contributed by atoms with Crippen LogP contribution in [0.2, 0.25) is 0 Å². The first-order chi connectivity index (χ1) is 17.0. The Morgan fingerprint density at radius 2 is 2.23 bits per heavy atom. The van der Waals surface area contributed by atoms with Gasteiger partial charge in [0, 0.05) is 53.9 Å². The van der Waals surface area contributed by atoms with Crippen molar-refractivity contribution in [3.8, 4) is 5.75 Å². The van der Waals surface area contributed by atoms with E-state index in [1.807, 2.05) is 49.5 Å². The summed E-state index contributed by atoms with van der Waals surface area (Å²) in [5.74, 6) is 1.33. The van der Waals surface area contributed by atoms with Crippen LogP contribution in [0.3, 0.4) is 0 Å². The molecule has 0 bridgehead atoms. The molecule has 8 nitrogen and oxygen atoms in total. The van der Waals surface area contributed by atoms with Crippen LogP contribution in [0.25, 0.3) is 10.9 Å². The Morgan fingerprint density at radius 1 is 1.34 bits per heavy atom. The molecule has 182 valence electrons. The molecule has 1 saturated heterocycles. The van der Waals surface area contributed by atoms with Crippen LogP contribution in [-0.4, -0.2) is 67.3 Å². The van der Waals surface area contributed by atoms with Crippen molar-refractivity contribution in [3.05, 3.63) is 58.8 Å². The number of carbonyl (C=O) groups excluding carboxylic acids is 1. The van der Waals surface area contributed by atoms with Crippen molar-refractivity contribution < 1.29 is 14.3 Å². The summed E-state index contributed by atoms with van der Waals surface area (Å²) in [5, 5.41) is 3.94. The van der Waals surface area contributed by atoms with Gasteiger partial charge in [-0.15, -0.1) is 0 Å². The summed E-state index contributed by atoms with van der Waals surface area (Å²) < 4.78 is 12.7. The van der Waals surface area contributed by atoms with Crippen molar-refractivity contribution in [1.82, 2.24) is 14.9 Å². The summed E-state index contributed by atoms with van der Waals surface area (Å²) in [7, 11) is 3.92. The number of anilines is 3. The maximum Gasteiger partial charge on any atom is 0.248 e. The van der Waals surface area contributed by atoms with E-state index < -0.39 is 0 Å². The van der Waals surface area contributed by atoms with E-state index in [1.54, 1.807) is 12.3 Å². The minimum absolute atomic E-state index is 0.0522. The monoisotopic (exact) mass is 537 g/mol. The highest BCUT2D eigenvalue weighted by molar-refractivity contribution is 9.10. The van der Waals surface area contributed by atoms with Gasteiger partial charge in [-0.3, -0.25) is 9.78 Å². The molecule has 35 heavy (non-hydrogen) atoms. The molecule has 3 aromatic rings. The summed E-state index contributed by atoms with van der Waals surface area (Å²) in [6.07, 6.45) is 8.68. The largest absolute Gasteiger partial charge is 0.486 e. The number of benzene rings is 1. The first-order valence-electron chi connectivity index (χ1n) is 11.7. The maximum atomic E-state index is 12.7. The summed E-state index contributed by atoms with van der Waals surface area (Å²) in [5.41, 5.74) is 3.60. The van der Waals surface area contributed by atoms with Gasteiger partial charge in [-0.1, -0.05) is 6.08 Å². The Bertz CT molecular complexity index is 1270. The van der Waals surface area contributed by atoms with Crippen LogP contribution in [0.4, 0.5) is 17.2 Å². The number of rotatable bonds is 7. The summed E-state index contributed by atoms with van der Waals surface area (Å²) >= 11 is 3.52. The minimum atomic E-state index is -0.206. The molecule has 1 amide bonds. The van der Waals surface area contributed by atoms with Gasteiger partial charge in [0.1, 0.15) is 17.7 Å². The first-order valence-corrected chi connectivity index (χ1v) is 12.5. The molecule has 0 spiro atoms. The molecule has 1 fully saturated rings. The lowest BCUT2D eigenvalue weighted by atomic mass is 10.1. The van der Waals surface area contributed by atoms with E-state index in [4.69, 9.17) is 9.47 Å². The number of aromatic nitrogens is 2. The van der Waals surface area contributed by atoms with E-state index in [-0.39, 0.29) is 12.0 Å². The molecule has 2 aliphatic heterocycles. The number of carbonyl (C=O) groups is 1. The van der Waals surface area contributed by atoms with Crippen molar-refractivity contribution >= 4 is 49.9 Å². The molecule has 9 heteroatoms. The van der Waals surface area contributed by atoms with E-state index in [9.17, 15) is 4.79 Å². The smallest absolute Gasteiger partial charge is 0.248 e. The summed E-state index contributed by atoms with van der Waals surface area (Å²) in [6.45, 7) is 2.71. The summed E-state index contributed by atoms with van der Waals surface area (Å²) in [4.78, 5) is 26.2. The van der Waals surface area contributed by atoms with Crippen LogP contribution in [-0.2, 0) is 16.0 Å². The Labute approximate surface area is 213 Å². The summed E-state index contributed by atoms with van der Waals surface area (Å²) in [6, 6.07) is 7.97. The molecule has 0 aliphatic carbocycles. The van der Waals surface area contributed by atoms with Gasteiger partial charge in [0.2, 0.25) is 5.91 Å². The Morgan fingerprint density at radius 3 is 3.03 bits per heavy atom. The number of ether oxygens (including phenoxy) is 2. The van der Waals surface area contributed by atoms with Gasteiger partial charge in [-0.25, -0.2) is 4.98 Å². The molecule has 1 aromatic carbocycles. The average Bonchev–Trinajstić information content (AvgIpc) is 3.48. The van der Waals surface area contributed by atoms with Gasteiger partial charge >= 0.3 is 0 Å². The van der Waals surface area contributed by atoms with Crippen molar-refractivity contribution in [3.63, 3.8) is 0 Å². The Hall–Kier alpha value is -3.01. The van der Waals surface area contributed by atoms with Gasteiger partial charge in [0.05, 0.1) is 30.1 Å². The number of halogens is 1. The predicted molar refractivity (Wildman–Crippen MR) is 141 cm³/mol. The van der Waals surface area contributed by atoms with Gasteiger partial charge in [0.15, 0.2) is 0 Å². The number of amides is 1. The SMILES string of the molecule is CN(C)CC=CC(=O)Nc1cc2c(N3CCc4cc(Br)cnc43)ccnc2cc1OC1CCOC1. The second-order valence-corrected chi connectivity index (χ2v) is 9.91. The molecule has 1 N–H and O–H groups in total. The lowest BCUT2D eigenvalue weighted by Crippen LogP contribution is -2.18. The van der Waals surface area contributed by atoms with E-state index in [0.717, 1.165) is 46.3 Å². The molecular weight excluding hydrogens is 510 g/mol. The Balaban J connectivity index is 1.53. The molecule has 2 aliphatic rings. The number of fused-ring (bicyclic) bond motifs is 2. The van der Waals surface area contributed by atoms with Gasteiger partial charge in [-0.2, -0.15) is 0 Å². The van der Waals surface area contributed by atoms with E-state index in [1.165, 1.54) is 5.56 Å². The third-order valence-electron chi connectivity index (χ3n) is 6.06. The second kappa shape index (κ2) is 10.3. The molecule has 5 rings (SSSR count). The zero-order valence-corrected chi connectivity index (χ0v) is 21.4. The third kappa shape index (κ3) is 5.32. The van der Waals surface area contributed by atoms with Crippen LogP contribution in [0.15, 0.2) is 53.3 Å². The van der Waals surface area contributed by atoms with E-state index >= 15 is 0 Å². The normalized spacial score (nSPS) is 17.5. The van der Waals surface area contributed by atoms with Gasteiger partial charge in [-0.05, 0) is 60.2 Å². The van der Waals surface area contributed by atoms with Crippen LogP contribution < -0.4 is 15.0 Å². The van der Waals surface area contributed by atoms with Crippen molar-refractivity contribution in [1.29, 1.82) is 0 Å². The quantitative estimate of drug-likeness (QED) is 0.449. The molecule has 4 heterocycles. The minimum Gasteiger partial charge on any atom is -0.486 e. The van der Waals surface area contributed by atoms with E-state index in [2.05, 4.69) is 42.2 Å². The number of likely N-dealkylation sites (N-methyl/N-ethyl adjacent to an activating group) is 1.